The van der Waals surface area contributed by atoms with Gasteiger partial charge in [0.2, 0.25) is 0 Å². The van der Waals surface area contributed by atoms with Crippen molar-refractivity contribution >= 4 is 5.82 Å². The zero-order chi connectivity index (χ0) is 14.8. The summed E-state index contributed by atoms with van der Waals surface area (Å²) in [7, 11) is 1.62. The van der Waals surface area contributed by atoms with Crippen LogP contribution in [-0.2, 0) is 0 Å². The Labute approximate surface area is 122 Å². The van der Waals surface area contributed by atoms with Gasteiger partial charge in [0, 0.05) is 11.8 Å². The van der Waals surface area contributed by atoms with Crippen LogP contribution < -0.4 is 10.5 Å². The zero-order valence-electron chi connectivity index (χ0n) is 11.8. The van der Waals surface area contributed by atoms with Gasteiger partial charge in [-0.15, -0.1) is 0 Å². The first-order valence-electron chi connectivity index (χ1n) is 6.52. The highest BCUT2D eigenvalue weighted by molar-refractivity contribution is 5.88. The number of hydrogen-bond donors (Lipinski definition) is 1. The highest BCUT2D eigenvalue weighted by Crippen LogP contribution is 2.40. The predicted molar refractivity (Wildman–Crippen MR) is 80.9 cm³/mol. The lowest BCUT2D eigenvalue weighted by molar-refractivity contribution is 0.416. The van der Waals surface area contributed by atoms with Crippen molar-refractivity contribution < 1.29 is 9.26 Å². The summed E-state index contributed by atoms with van der Waals surface area (Å²) in [5, 5.41) is 3.88. The van der Waals surface area contributed by atoms with Gasteiger partial charge in [-0.2, -0.15) is 0 Å². The fraction of sp³-hybridized carbons (Fsp3) is 0.125. The molecule has 2 heterocycles. The summed E-state index contributed by atoms with van der Waals surface area (Å²) in [5.41, 5.74) is 9.32. The molecule has 1 aromatic carbocycles. The monoisotopic (exact) mass is 281 g/mol. The molecule has 5 nitrogen and oxygen atoms in total. The van der Waals surface area contributed by atoms with Gasteiger partial charge in [0.15, 0.2) is 11.6 Å². The van der Waals surface area contributed by atoms with Crippen LogP contribution in [0.15, 0.2) is 47.1 Å². The fourth-order valence-electron chi connectivity index (χ4n) is 2.25. The third-order valence-electron chi connectivity index (χ3n) is 3.24. The molecule has 5 heteroatoms. The van der Waals surface area contributed by atoms with Crippen molar-refractivity contribution in [2.75, 3.05) is 12.8 Å². The van der Waals surface area contributed by atoms with E-state index in [9.17, 15) is 0 Å². The van der Waals surface area contributed by atoms with E-state index in [1.165, 1.54) is 0 Å². The van der Waals surface area contributed by atoms with Crippen molar-refractivity contribution in [3.8, 4) is 28.3 Å². The Morgan fingerprint density at radius 1 is 1.19 bits per heavy atom. The second-order valence-corrected chi connectivity index (χ2v) is 4.69. The largest absolute Gasteiger partial charge is 0.496 e. The van der Waals surface area contributed by atoms with E-state index in [4.69, 9.17) is 15.0 Å². The van der Waals surface area contributed by atoms with Crippen molar-refractivity contribution in [1.82, 2.24) is 10.1 Å². The molecule has 106 valence electrons. The van der Waals surface area contributed by atoms with E-state index in [-0.39, 0.29) is 0 Å². The Hall–Kier alpha value is -2.82. The Morgan fingerprint density at radius 2 is 2.05 bits per heavy atom. The first kappa shape index (κ1) is 13.2. The van der Waals surface area contributed by atoms with Crippen LogP contribution in [0.4, 0.5) is 5.82 Å². The summed E-state index contributed by atoms with van der Waals surface area (Å²) in [4.78, 5) is 4.30. The number of anilines is 1. The van der Waals surface area contributed by atoms with Crippen LogP contribution in [0.1, 0.15) is 5.56 Å². The first-order chi connectivity index (χ1) is 10.2. The molecule has 0 aliphatic rings. The van der Waals surface area contributed by atoms with Gasteiger partial charge in [0.1, 0.15) is 11.4 Å². The minimum absolute atomic E-state index is 0.319. The van der Waals surface area contributed by atoms with Crippen LogP contribution in [0.3, 0.4) is 0 Å². The second-order valence-electron chi connectivity index (χ2n) is 4.69. The molecule has 0 amide bonds. The molecule has 0 aliphatic carbocycles. The van der Waals surface area contributed by atoms with Gasteiger partial charge in [0.25, 0.3) is 0 Å². The Balaban J connectivity index is 2.24. The van der Waals surface area contributed by atoms with Gasteiger partial charge in [-0.05, 0) is 31.2 Å². The smallest absolute Gasteiger partial charge is 0.195 e. The molecule has 0 atom stereocenters. The number of nitrogens with zero attached hydrogens (tertiary/aromatic N) is 2. The molecule has 2 aromatic heterocycles. The number of nitrogens with two attached hydrogens (primary N) is 1. The van der Waals surface area contributed by atoms with E-state index in [0.29, 0.717) is 28.6 Å². The van der Waals surface area contributed by atoms with Crippen molar-refractivity contribution in [2.24, 2.45) is 0 Å². The Morgan fingerprint density at radius 3 is 2.76 bits per heavy atom. The molecule has 0 saturated carbocycles. The molecule has 21 heavy (non-hydrogen) atoms. The summed E-state index contributed by atoms with van der Waals surface area (Å²) in [6.07, 6.45) is 1.70. The summed E-state index contributed by atoms with van der Waals surface area (Å²) >= 11 is 0. The number of aromatic nitrogens is 2. The number of rotatable bonds is 3. The summed E-state index contributed by atoms with van der Waals surface area (Å²) in [6, 6.07) is 11.5. The molecule has 0 spiro atoms. The van der Waals surface area contributed by atoms with Gasteiger partial charge < -0.3 is 15.0 Å². The third-order valence-corrected chi connectivity index (χ3v) is 3.24. The molecule has 0 bridgehead atoms. The number of ether oxygens (including phenoxy) is 1. The van der Waals surface area contributed by atoms with E-state index in [1.807, 2.05) is 43.3 Å². The number of nitrogen functional groups attached to an aromatic ring is 1. The van der Waals surface area contributed by atoms with Crippen LogP contribution in [0.2, 0.25) is 0 Å². The van der Waals surface area contributed by atoms with Gasteiger partial charge in [0.05, 0.1) is 12.7 Å². The quantitative estimate of drug-likeness (QED) is 0.797. The maximum absolute atomic E-state index is 6.00. The molecular weight excluding hydrogens is 266 g/mol. The van der Waals surface area contributed by atoms with Crippen LogP contribution in [0.25, 0.3) is 22.6 Å². The minimum atomic E-state index is 0.319. The molecule has 0 saturated heterocycles. The lowest BCUT2D eigenvalue weighted by atomic mass is 10.0. The fourth-order valence-corrected chi connectivity index (χ4v) is 2.25. The minimum Gasteiger partial charge on any atom is -0.496 e. The van der Waals surface area contributed by atoms with Crippen molar-refractivity contribution in [3.05, 3.63) is 48.2 Å². The molecule has 0 fully saturated rings. The Bertz CT molecular complexity index is 766. The number of methoxy groups -OCH3 is 1. The molecule has 0 unspecified atom stereocenters. The normalized spacial score (nSPS) is 10.6. The molecule has 3 rings (SSSR count). The SMILES string of the molecule is COc1ccc(C)cc1-c1c(N)noc1-c1ccccn1. The first-order valence-corrected chi connectivity index (χ1v) is 6.52. The van der Waals surface area contributed by atoms with Gasteiger partial charge in [-0.25, -0.2) is 0 Å². The molecule has 3 aromatic rings. The van der Waals surface area contributed by atoms with E-state index in [1.54, 1.807) is 13.3 Å². The van der Waals surface area contributed by atoms with Crippen LogP contribution in [0.5, 0.6) is 5.75 Å². The molecule has 0 radical (unpaired) electrons. The van der Waals surface area contributed by atoms with Gasteiger partial charge in [-0.3, -0.25) is 4.98 Å². The van der Waals surface area contributed by atoms with Crippen molar-refractivity contribution in [3.63, 3.8) is 0 Å². The van der Waals surface area contributed by atoms with Crippen molar-refractivity contribution in [2.45, 2.75) is 6.92 Å². The highest BCUT2D eigenvalue weighted by atomic mass is 16.5. The second kappa shape index (κ2) is 5.28. The molecular formula is C16H15N3O2. The number of benzene rings is 1. The molecule has 2 N–H and O–H groups in total. The zero-order valence-corrected chi connectivity index (χ0v) is 11.8. The Kier molecular flexibility index (Phi) is 3.31. The van der Waals surface area contributed by atoms with Crippen molar-refractivity contribution in [1.29, 1.82) is 0 Å². The summed E-state index contributed by atoms with van der Waals surface area (Å²) in [6.45, 7) is 2.01. The number of pyridine rings is 1. The van der Waals surface area contributed by atoms with E-state index >= 15 is 0 Å². The molecule has 0 aliphatic heterocycles. The van der Waals surface area contributed by atoms with Gasteiger partial charge >= 0.3 is 0 Å². The summed E-state index contributed by atoms with van der Waals surface area (Å²) in [5.74, 6) is 1.57. The summed E-state index contributed by atoms with van der Waals surface area (Å²) < 4.78 is 10.8. The van der Waals surface area contributed by atoms with Crippen LogP contribution in [-0.4, -0.2) is 17.3 Å². The maximum Gasteiger partial charge on any atom is 0.195 e. The van der Waals surface area contributed by atoms with E-state index in [0.717, 1.165) is 11.1 Å². The van der Waals surface area contributed by atoms with Crippen LogP contribution >= 0.6 is 0 Å². The number of hydrogen-bond acceptors (Lipinski definition) is 5. The van der Waals surface area contributed by atoms with Gasteiger partial charge in [-0.1, -0.05) is 22.9 Å². The average molecular weight is 281 g/mol. The van der Waals surface area contributed by atoms with E-state index < -0.39 is 0 Å². The average Bonchev–Trinajstić information content (AvgIpc) is 2.89. The lowest BCUT2D eigenvalue weighted by Gasteiger charge is -2.09. The number of aryl methyl sites for hydroxylation is 1. The van der Waals surface area contributed by atoms with Crippen LogP contribution in [0, 0.1) is 6.92 Å². The lowest BCUT2D eigenvalue weighted by Crippen LogP contribution is -1.94. The highest BCUT2D eigenvalue weighted by Gasteiger charge is 2.21. The standard InChI is InChI=1S/C16H15N3O2/c1-10-6-7-13(20-2)11(9-10)14-15(21-19-16(14)17)12-5-3-4-8-18-12/h3-9H,1-2H3,(H2,17,19). The topological polar surface area (TPSA) is 74.2 Å². The maximum atomic E-state index is 6.00. The predicted octanol–water partition coefficient (Wildman–Crippen LogP) is 3.30. The van der Waals surface area contributed by atoms with E-state index in [2.05, 4.69) is 10.1 Å². The third kappa shape index (κ3) is 2.33.